The van der Waals surface area contributed by atoms with E-state index in [-0.39, 0.29) is 30.2 Å². The first-order valence-electron chi connectivity index (χ1n) is 11.8. The Morgan fingerprint density at radius 3 is 2.50 bits per heavy atom. The smallest absolute Gasteiger partial charge is 0.223 e. The first kappa shape index (κ1) is 24.6. The topological polar surface area (TPSA) is 65.6 Å². The van der Waals surface area contributed by atoms with E-state index in [1.54, 1.807) is 12.1 Å². The van der Waals surface area contributed by atoms with Gasteiger partial charge in [-0.15, -0.1) is 0 Å². The number of aromatic nitrogens is 1. The Balaban J connectivity index is 1.93. The zero-order valence-corrected chi connectivity index (χ0v) is 20.6. The minimum absolute atomic E-state index is 0.00630. The van der Waals surface area contributed by atoms with Crippen molar-refractivity contribution in [3.05, 3.63) is 29.7 Å². The van der Waals surface area contributed by atoms with E-state index < -0.39 is 16.8 Å². The zero-order valence-electron chi connectivity index (χ0n) is 20.6. The van der Waals surface area contributed by atoms with Crippen LogP contribution in [0, 0.1) is 11.7 Å². The molecule has 1 aromatic heterocycles. The molecule has 3 atom stereocenters. The molecule has 1 fully saturated rings. The maximum Gasteiger partial charge on any atom is 0.223 e. The van der Waals surface area contributed by atoms with E-state index in [9.17, 15) is 9.90 Å². The van der Waals surface area contributed by atoms with Crippen molar-refractivity contribution in [2.45, 2.75) is 96.7 Å². The van der Waals surface area contributed by atoms with Gasteiger partial charge in [0, 0.05) is 41.0 Å². The molecule has 3 unspecified atom stereocenters. The lowest BCUT2D eigenvalue weighted by Crippen LogP contribution is -2.54. The van der Waals surface area contributed by atoms with Gasteiger partial charge in [0.15, 0.2) is 11.6 Å². The van der Waals surface area contributed by atoms with Crippen LogP contribution in [0.15, 0.2) is 18.3 Å². The van der Waals surface area contributed by atoms with Gasteiger partial charge in [0.1, 0.15) is 0 Å². The molecule has 5 nitrogen and oxygen atoms in total. The maximum atomic E-state index is 15.1. The third-order valence-electron chi connectivity index (χ3n) is 6.92. The van der Waals surface area contributed by atoms with Crippen molar-refractivity contribution in [1.29, 1.82) is 0 Å². The number of amides is 1. The van der Waals surface area contributed by atoms with Gasteiger partial charge in [0.2, 0.25) is 5.91 Å². The molecule has 0 saturated carbocycles. The maximum absolute atomic E-state index is 15.1. The summed E-state index contributed by atoms with van der Waals surface area (Å²) in [5.74, 6) is 0.377. The quantitative estimate of drug-likeness (QED) is 0.586. The highest BCUT2D eigenvalue weighted by Gasteiger charge is 2.40. The van der Waals surface area contributed by atoms with E-state index in [1.165, 1.54) is 7.11 Å². The Bertz CT molecular complexity index is 960. The first-order valence-corrected chi connectivity index (χ1v) is 11.8. The van der Waals surface area contributed by atoms with Crippen LogP contribution >= 0.6 is 0 Å². The fourth-order valence-corrected chi connectivity index (χ4v) is 5.50. The SMILES string of the molecule is CCC1CC(C)CC(CC(C)(C)O)N1C(=O)CC(C)(C)c1c[nH]c2ccc(OC)c(F)c12. The summed E-state index contributed by atoms with van der Waals surface area (Å²) in [5.41, 5.74) is 0.0417. The van der Waals surface area contributed by atoms with Gasteiger partial charge in [-0.05, 0) is 63.1 Å². The van der Waals surface area contributed by atoms with Gasteiger partial charge in [-0.2, -0.15) is 0 Å². The van der Waals surface area contributed by atoms with E-state index in [2.05, 4.69) is 18.8 Å². The standard InChI is InChI=1S/C26H39FN2O3/c1-8-17-11-16(2)12-18(13-26(5,6)31)29(17)22(30)14-25(3,4)19-15-28-20-9-10-21(32-7)24(27)23(19)20/h9-10,15-18,28,31H,8,11-14H2,1-7H3. The van der Waals surface area contributed by atoms with E-state index >= 15 is 4.39 Å². The number of ether oxygens (including phenoxy) is 1. The monoisotopic (exact) mass is 446 g/mol. The molecule has 32 heavy (non-hydrogen) atoms. The van der Waals surface area contributed by atoms with Gasteiger partial charge in [0.05, 0.1) is 12.7 Å². The number of piperidine rings is 1. The molecule has 6 heteroatoms. The summed E-state index contributed by atoms with van der Waals surface area (Å²) in [7, 11) is 1.45. The number of carbonyl (C=O) groups excluding carboxylic acids is 1. The Hall–Kier alpha value is -2.08. The normalized spacial score (nSPS) is 22.4. The van der Waals surface area contributed by atoms with Gasteiger partial charge >= 0.3 is 0 Å². The number of hydrogen-bond donors (Lipinski definition) is 2. The number of nitrogens with one attached hydrogen (secondary N) is 1. The average molecular weight is 447 g/mol. The van der Waals surface area contributed by atoms with Crippen LogP contribution < -0.4 is 4.74 Å². The number of nitrogens with zero attached hydrogens (tertiary/aromatic N) is 1. The van der Waals surface area contributed by atoms with Crippen LogP contribution in [-0.2, 0) is 10.2 Å². The summed E-state index contributed by atoms with van der Waals surface area (Å²) < 4.78 is 20.3. The second kappa shape index (κ2) is 9.05. The molecule has 0 radical (unpaired) electrons. The molecule has 1 amide bonds. The lowest BCUT2D eigenvalue weighted by molar-refractivity contribution is -0.142. The van der Waals surface area contributed by atoms with E-state index in [4.69, 9.17) is 4.74 Å². The summed E-state index contributed by atoms with van der Waals surface area (Å²) in [6.45, 7) is 11.9. The molecular formula is C26H39FN2O3. The predicted molar refractivity (Wildman–Crippen MR) is 126 cm³/mol. The zero-order chi connectivity index (χ0) is 23.8. The number of halogens is 1. The second-order valence-corrected chi connectivity index (χ2v) is 10.9. The summed E-state index contributed by atoms with van der Waals surface area (Å²) in [6, 6.07) is 3.58. The van der Waals surface area contributed by atoms with Crippen LogP contribution in [0.25, 0.3) is 10.9 Å². The lowest BCUT2D eigenvalue weighted by Gasteiger charge is -2.47. The van der Waals surface area contributed by atoms with Crippen molar-refractivity contribution in [2.24, 2.45) is 5.92 Å². The minimum Gasteiger partial charge on any atom is -0.494 e. The fraction of sp³-hybridized carbons (Fsp3) is 0.654. The molecular weight excluding hydrogens is 407 g/mol. The highest BCUT2D eigenvalue weighted by Crippen LogP contribution is 2.39. The number of benzene rings is 1. The van der Waals surface area contributed by atoms with Crippen molar-refractivity contribution in [1.82, 2.24) is 9.88 Å². The van der Waals surface area contributed by atoms with E-state index in [0.29, 0.717) is 23.2 Å². The van der Waals surface area contributed by atoms with Crippen molar-refractivity contribution < 1.29 is 19.0 Å². The van der Waals surface area contributed by atoms with Crippen LogP contribution in [0.2, 0.25) is 0 Å². The molecule has 0 bridgehead atoms. The molecule has 1 saturated heterocycles. The number of aliphatic hydroxyl groups is 1. The summed E-state index contributed by atoms with van der Waals surface area (Å²) >= 11 is 0. The van der Waals surface area contributed by atoms with Gasteiger partial charge in [-0.1, -0.05) is 27.7 Å². The van der Waals surface area contributed by atoms with Crippen molar-refractivity contribution in [3.63, 3.8) is 0 Å². The average Bonchev–Trinajstić information content (AvgIpc) is 3.12. The number of methoxy groups -OCH3 is 1. The van der Waals surface area contributed by atoms with Crippen molar-refractivity contribution >= 4 is 16.8 Å². The fourth-order valence-electron chi connectivity index (χ4n) is 5.50. The predicted octanol–water partition coefficient (Wildman–Crippen LogP) is 5.55. The van der Waals surface area contributed by atoms with Gasteiger partial charge in [0.25, 0.3) is 0 Å². The van der Waals surface area contributed by atoms with Crippen LogP contribution in [0.3, 0.4) is 0 Å². The lowest BCUT2D eigenvalue weighted by atomic mass is 9.78. The molecule has 3 rings (SSSR count). The molecule has 0 spiro atoms. The number of fused-ring (bicyclic) bond motifs is 1. The molecule has 178 valence electrons. The largest absolute Gasteiger partial charge is 0.494 e. The van der Waals surface area contributed by atoms with Crippen LogP contribution in [0.5, 0.6) is 5.75 Å². The minimum atomic E-state index is -0.843. The third kappa shape index (κ3) is 4.95. The summed E-state index contributed by atoms with van der Waals surface area (Å²) in [4.78, 5) is 18.9. The second-order valence-electron chi connectivity index (χ2n) is 10.9. The Morgan fingerprint density at radius 2 is 1.91 bits per heavy atom. The third-order valence-corrected chi connectivity index (χ3v) is 6.92. The molecule has 1 aliphatic rings. The summed E-state index contributed by atoms with van der Waals surface area (Å²) in [6.07, 6.45) is 5.39. The van der Waals surface area contributed by atoms with Crippen LogP contribution in [-0.4, -0.2) is 45.7 Å². The Morgan fingerprint density at radius 1 is 1.25 bits per heavy atom. The van der Waals surface area contributed by atoms with Crippen LogP contribution in [0.4, 0.5) is 4.39 Å². The number of likely N-dealkylation sites (tertiary alicyclic amines) is 1. The molecule has 2 aromatic rings. The molecule has 1 aliphatic heterocycles. The van der Waals surface area contributed by atoms with E-state index in [1.807, 2.05) is 38.8 Å². The molecule has 2 N–H and O–H groups in total. The van der Waals surface area contributed by atoms with Crippen molar-refractivity contribution in [3.8, 4) is 5.75 Å². The van der Waals surface area contributed by atoms with Crippen LogP contribution in [0.1, 0.15) is 79.2 Å². The Labute approximate surface area is 191 Å². The van der Waals surface area contributed by atoms with E-state index in [0.717, 1.165) is 24.8 Å². The highest BCUT2D eigenvalue weighted by molar-refractivity contribution is 5.88. The van der Waals surface area contributed by atoms with Gasteiger partial charge < -0.3 is 19.7 Å². The van der Waals surface area contributed by atoms with Gasteiger partial charge in [-0.25, -0.2) is 4.39 Å². The molecule has 1 aromatic carbocycles. The number of carbonyl (C=O) groups is 1. The van der Waals surface area contributed by atoms with Gasteiger partial charge in [-0.3, -0.25) is 4.79 Å². The van der Waals surface area contributed by atoms with Crippen molar-refractivity contribution in [2.75, 3.05) is 7.11 Å². The molecule has 2 heterocycles. The number of hydrogen-bond acceptors (Lipinski definition) is 3. The first-order chi connectivity index (χ1) is 14.9. The molecule has 0 aliphatic carbocycles. The Kier molecular flexibility index (Phi) is 6.94. The number of aromatic amines is 1. The summed E-state index contributed by atoms with van der Waals surface area (Å²) in [5, 5.41) is 11.0. The highest BCUT2D eigenvalue weighted by atomic mass is 19.1. The number of rotatable bonds is 7. The number of H-pyrrole nitrogens is 1.